The lowest BCUT2D eigenvalue weighted by Gasteiger charge is -2.45. The minimum absolute atomic E-state index is 0. The lowest BCUT2D eigenvalue weighted by molar-refractivity contribution is -0.931. The summed E-state index contributed by atoms with van der Waals surface area (Å²) in [6.45, 7) is 0. The van der Waals surface area contributed by atoms with Crippen LogP contribution in [-0.2, 0) is 5.60 Å². The number of alkyl halides is 4. The minimum Gasteiger partial charge on any atom is -1.00 e. The number of halogens is 5. The van der Waals surface area contributed by atoms with E-state index in [-0.39, 0.29) is 32.7 Å². The first-order valence-electron chi connectivity index (χ1n) is 9.93. The van der Waals surface area contributed by atoms with E-state index in [1.807, 2.05) is 0 Å². The van der Waals surface area contributed by atoms with E-state index in [1.165, 1.54) is 24.3 Å². The molecule has 2 aromatic heterocycles. The van der Waals surface area contributed by atoms with Crippen molar-refractivity contribution in [2.75, 3.05) is 14.1 Å². The standard InChI is InChI=1S/C21H26F4NOS2.BrH/c1-26(2)13-3-4-14(26)10-12(9-13)11-21(27,17-7-5-15(28-17)19(22)23)18-8-6-16(29-18)20(24)25;/h5-8,12-14,19-20,27H,3-4,9-11H2,1-2H3;1H/q+1;/p-1/t12-,13+,14-;. The summed E-state index contributed by atoms with van der Waals surface area (Å²) in [5, 5.41) is 11.7. The monoisotopic (exact) mass is 527 g/mol. The normalized spacial score (nSPS) is 25.7. The highest BCUT2D eigenvalue weighted by molar-refractivity contribution is 7.13. The maximum atomic E-state index is 13.2. The second-order valence-corrected chi connectivity index (χ2v) is 11.2. The second-order valence-electron chi connectivity index (χ2n) is 8.92. The van der Waals surface area contributed by atoms with E-state index in [0.29, 0.717) is 28.3 Å². The third kappa shape index (κ3) is 4.25. The van der Waals surface area contributed by atoms with Crippen molar-refractivity contribution >= 4 is 22.7 Å². The van der Waals surface area contributed by atoms with Crippen molar-refractivity contribution in [1.29, 1.82) is 0 Å². The van der Waals surface area contributed by atoms with Crippen LogP contribution in [0.5, 0.6) is 0 Å². The molecule has 1 N–H and O–H groups in total. The van der Waals surface area contributed by atoms with Gasteiger partial charge in [-0.25, -0.2) is 17.6 Å². The van der Waals surface area contributed by atoms with Crippen LogP contribution in [0.3, 0.4) is 0 Å². The molecule has 0 unspecified atom stereocenters. The minimum atomic E-state index is -2.61. The van der Waals surface area contributed by atoms with Crippen LogP contribution in [0.4, 0.5) is 17.6 Å². The van der Waals surface area contributed by atoms with Gasteiger partial charge in [0, 0.05) is 35.4 Å². The Morgan fingerprint density at radius 1 is 0.933 bits per heavy atom. The van der Waals surface area contributed by atoms with Crippen LogP contribution in [0, 0.1) is 5.92 Å². The molecule has 2 aromatic rings. The molecule has 2 aliphatic rings. The number of fused-ring (bicyclic) bond motifs is 2. The zero-order valence-electron chi connectivity index (χ0n) is 16.8. The highest BCUT2D eigenvalue weighted by atomic mass is 79.9. The Labute approximate surface area is 192 Å². The molecule has 0 radical (unpaired) electrons. The van der Waals surface area contributed by atoms with Gasteiger partial charge in [0.05, 0.1) is 35.9 Å². The third-order valence-corrected chi connectivity index (χ3v) is 9.50. The molecule has 0 spiro atoms. The molecule has 4 rings (SSSR count). The first-order valence-corrected chi connectivity index (χ1v) is 11.6. The van der Waals surface area contributed by atoms with Gasteiger partial charge in [0.1, 0.15) is 5.60 Å². The Hall–Kier alpha value is -0.480. The summed E-state index contributed by atoms with van der Waals surface area (Å²) in [6, 6.07) is 6.80. The van der Waals surface area contributed by atoms with Crippen LogP contribution in [0.15, 0.2) is 24.3 Å². The van der Waals surface area contributed by atoms with Crippen LogP contribution >= 0.6 is 22.7 Å². The number of aliphatic hydroxyl groups is 1. The van der Waals surface area contributed by atoms with Gasteiger partial charge in [-0.1, -0.05) is 0 Å². The number of quaternary nitrogens is 1. The summed E-state index contributed by atoms with van der Waals surface area (Å²) in [5.41, 5.74) is -1.51. The van der Waals surface area contributed by atoms with E-state index in [1.54, 1.807) is 0 Å². The van der Waals surface area contributed by atoms with Gasteiger partial charge < -0.3 is 26.6 Å². The lowest BCUT2D eigenvalue weighted by atomic mass is 9.79. The number of thiophene rings is 2. The average Bonchev–Trinajstić information content (AvgIpc) is 3.34. The van der Waals surface area contributed by atoms with Gasteiger partial charge in [0.25, 0.3) is 12.9 Å². The number of hydrogen-bond donors (Lipinski definition) is 1. The number of piperidine rings is 1. The Kier molecular flexibility index (Phi) is 7.10. The maximum absolute atomic E-state index is 13.2. The van der Waals surface area contributed by atoms with Crippen molar-refractivity contribution in [2.24, 2.45) is 5.92 Å². The van der Waals surface area contributed by atoms with Crippen molar-refractivity contribution in [3.05, 3.63) is 43.8 Å². The van der Waals surface area contributed by atoms with Gasteiger partial charge in [-0.3, -0.25) is 0 Å². The molecule has 9 heteroatoms. The molecular weight excluding hydrogens is 502 g/mol. The number of nitrogens with zero attached hydrogens (tertiary/aromatic N) is 1. The van der Waals surface area contributed by atoms with Crippen LogP contribution in [0.2, 0.25) is 0 Å². The Bertz CT molecular complexity index is 807. The second kappa shape index (κ2) is 8.81. The van der Waals surface area contributed by atoms with Gasteiger partial charge in [0.15, 0.2) is 0 Å². The smallest absolute Gasteiger partial charge is 0.272 e. The van der Waals surface area contributed by atoms with Crippen molar-refractivity contribution in [2.45, 2.75) is 62.6 Å². The zero-order valence-corrected chi connectivity index (χ0v) is 20.1. The van der Waals surface area contributed by atoms with Crippen LogP contribution in [-0.4, -0.2) is 35.8 Å². The first-order chi connectivity index (χ1) is 13.6. The van der Waals surface area contributed by atoms with Crippen molar-refractivity contribution in [3.8, 4) is 0 Å². The Morgan fingerprint density at radius 3 is 1.73 bits per heavy atom. The molecule has 3 atom stereocenters. The average molecular weight is 528 g/mol. The molecule has 0 aromatic carbocycles. The molecule has 168 valence electrons. The Balaban J connectivity index is 0.00000256. The fraction of sp³-hybridized carbons (Fsp3) is 0.619. The van der Waals surface area contributed by atoms with E-state index >= 15 is 0 Å². The van der Waals surface area contributed by atoms with E-state index in [0.717, 1.165) is 52.8 Å². The van der Waals surface area contributed by atoms with Gasteiger partial charge in [-0.2, -0.15) is 0 Å². The van der Waals surface area contributed by atoms with Crippen LogP contribution < -0.4 is 17.0 Å². The molecule has 0 saturated carbocycles. The number of hydrogen-bond acceptors (Lipinski definition) is 3. The largest absolute Gasteiger partial charge is 1.00 e. The topological polar surface area (TPSA) is 20.2 Å². The van der Waals surface area contributed by atoms with E-state index in [4.69, 9.17) is 0 Å². The highest BCUT2D eigenvalue weighted by Crippen LogP contribution is 2.50. The number of rotatable bonds is 6. The van der Waals surface area contributed by atoms with Gasteiger partial charge in [0.2, 0.25) is 0 Å². The molecule has 4 heterocycles. The van der Waals surface area contributed by atoms with Crippen LogP contribution in [0.25, 0.3) is 0 Å². The first kappa shape index (κ1) is 24.2. The SMILES string of the molecule is C[N+]1(C)[C@@H]2CC[C@H]1C[C@@H](CC(O)(c1ccc(C(F)F)s1)c1ccc(C(F)F)s1)C2.[Br-]. The van der Waals surface area contributed by atoms with Gasteiger partial charge in [-0.05, 0) is 36.6 Å². The van der Waals surface area contributed by atoms with E-state index < -0.39 is 18.5 Å². The Morgan fingerprint density at radius 2 is 1.37 bits per heavy atom. The molecule has 2 fully saturated rings. The quantitative estimate of drug-likeness (QED) is 0.451. The summed E-state index contributed by atoms with van der Waals surface area (Å²) < 4.78 is 53.7. The fourth-order valence-electron chi connectivity index (χ4n) is 5.29. The molecule has 2 saturated heterocycles. The lowest BCUT2D eigenvalue weighted by Crippen LogP contribution is -3.00. The molecule has 2 bridgehead atoms. The van der Waals surface area contributed by atoms with E-state index in [9.17, 15) is 22.7 Å². The summed E-state index contributed by atoms with van der Waals surface area (Å²) in [6.07, 6.45) is -0.585. The van der Waals surface area contributed by atoms with Gasteiger partial charge >= 0.3 is 0 Å². The van der Waals surface area contributed by atoms with Crippen molar-refractivity contribution < 1.29 is 44.1 Å². The van der Waals surface area contributed by atoms with Crippen molar-refractivity contribution in [3.63, 3.8) is 0 Å². The molecule has 0 amide bonds. The highest BCUT2D eigenvalue weighted by Gasteiger charge is 2.51. The predicted octanol–water partition coefficient (Wildman–Crippen LogP) is 3.33. The zero-order chi connectivity index (χ0) is 21.0. The van der Waals surface area contributed by atoms with Gasteiger partial charge in [-0.15, -0.1) is 22.7 Å². The van der Waals surface area contributed by atoms with E-state index in [2.05, 4.69) is 14.1 Å². The van der Waals surface area contributed by atoms with Crippen LogP contribution in [0.1, 0.15) is 64.5 Å². The fourth-order valence-corrected chi connectivity index (χ4v) is 7.30. The summed E-state index contributed by atoms with van der Waals surface area (Å²) >= 11 is 1.76. The molecular formula is C21H26BrF4NOS2. The summed E-state index contributed by atoms with van der Waals surface area (Å²) in [7, 11) is 4.51. The molecule has 0 aliphatic carbocycles. The maximum Gasteiger partial charge on any atom is 0.272 e. The predicted molar refractivity (Wildman–Crippen MR) is 108 cm³/mol. The molecule has 2 nitrogen and oxygen atoms in total. The summed E-state index contributed by atoms with van der Waals surface area (Å²) in [5.74, 6) is 0.234. The summed E-state index contributed by atoms with van der Waals surface area (Å²) in [4.78, 5) is 0.625. The molecule has 2 aliphatic heterocycles. The third-order valence-electron chi connectivity index (χ3n) is 7.01. The molecule has 30 heavy (non-hydrogen) atoms. The van der Waals surface area contributed by atoms with Crippen molar-refractivity contribution in [1.82, 2.24) is 0 Å².